The zero-order chi connectivity index (χ0) is 40.0. The molecule has 0 N–H and O–H groups in total. The van der Waals surface area contributed by atoms with Crippen LogP contribution in [0.15, 0.2) is 206 Å². The predicted molar refractivity (Wildman–Crippen MR) is 252 cm³/mol. The van der Waals surface area contributed by atoms with E-state index >= 15 is 0 Å². The molecule has 2 aliphatic carbocycles. The second-order valence-electron chi connectivity index (χ2n) is 17.3. The molecule has 0 amide bonds. The Kier molecular flexibility index (Phi) is 7.78. The smallest absolute Gasteiger partial charge is 0.0544 e. The van der Waals surface area contributed by atoms with Crippen molar-refractivity contribution < 1.29 is 0 Å². The topological polar surface area (TPSA) is 4.93 Å². The van der Waals surface area contributed by atoms with Crippen LogP contribution in [0.1, 0.15) is 47.6 Å². The van der Waals surface area contributed by atoms with Crippen LogP contribution in [0.25, 0.3) is 83.1 Å². The highest BCUT2D eigenvalue weighted by atomic mass is 15.0. The summed E-state index contributed by atoms with van der Waals surface area (Å²) in [7, 11) is 0. The van der Waals surface area contributed by atoms with Crippen molar-refractivity contribution in [2.75, 3.05) is 0 Å². The Morgan fingerprint density at radius 2 is 0.983 bits per heavy atom. The Bertz CT molecular complexity index is 3280. The first-order valence-electron chi connectivity index (χ1n) is 21.3. The molecule has 60 heavy (non-hydrogen) atoms. The zero-order valence-electron chi connectivity index (χ0n) is 33.9. The van der Waals surface area contributed by atoms with Crippen molar-refractivity contribution in [1.29, 1.82) is 0 Å². The van der Waals surface area contributed by atoms with Gasteiger partial charge in [-0.05, 0) is 132 Å². The molecule has 0 aliphatic heterocycles. The third-order valence-electron chi connectivity index (χ3n) is 13.6. The highest BCUT2D eigenvalue weighted by molar-refractivity contribution is 6.13. The van der Waals surface area contributed by atoms with E-state index in [0.29, 0.717) is 0 Å². The van der Waals surface area contributed by atoms with E-state index in [0.717, 1.165) is 6.42 Å². The van der Waals surface area contributed by atoms with Gasteiger partial charge in [0, 0.05) is 27.8 Å². The van der Waals surface area contributed by atoms with Gasteiger partial charge >= 0.3 is 0 Å². The Morgan fingerprint density at radius 1 is 0.400 bits per heavy atom. The Balaban J connectivity index is 1.08. The molecule has 0 saturated carbocycles. The molecule has 284 valence electrons. The van der Waals surface area contributed by atoms with E-state index < -0.39 is 0 Å². The first kappa shape index (κ1) is 34.8. The largest absolute Gasteiger partial charge is 0.309 e. The number of nitrogens with zero attached hydrogens (tertiary/aromatic N) is 1. The summed E-state index contributed by atoms with van der Waals surface area (Å²) >= 11 is 0. The van der Waals surface area contributed by atoms with Crippen LogP contribution >= 0.6 is 0 Å². The summed E-state index contributed by atoms with van der Waals surface area (Å²) in [6.45, 7) is 4.77. The van der Waals surface area contributed by atoms with Crippen molar-refractivity contribution in [2.45, 2.75) is 31.6 Å². The van der Waals surface area contributed by atoms with Gasteiger partial charge in [0.15, 0.2) is 0 Å². The number of hydrogen-bond acceptors (Lipinski definition) is 0. The molecule has 0 bridgehead atoms. The maximum absolute atomic E-state index is 2.54. The monoisotopic (exact) mass is 765 g/mol. The molecule has 1 heteroatoms. The molecule has 1 aromatic heterocycles. The van der Waals surface area contributed by atoms with E-state index in [9.17, 15) is 0 Å². The molecule has 0 radical (unpaired) electrons. The normalized spacial score (nSPS) is 14.7. The van der Waals surface area contributed by atoms with Gasteiger partial charge in [0.2, 0.25) is 0 Å². The first-order chi connectivity index (χ1) is 29.5. The summed E-state index contributed by atoms with van der Waals surface area (Å²) in [6.07, 6.45) is 0.959. The molecule has 1 heterocycles. The lowest BCUT2D eigenvalue weighted by atomic mass is 9.75. The van der Waals surface area contributed by atoms with Crippen LogP contribution in [0.2, 0.25) is 0 Å². The van der Waals surface area contributed by atoms with Crippen molar-refractivity contribution in [3.8, 4) is 61.3 Å². The molecule has 0 fully saturated rings. The van der Waals surface area contributed by atoms with Crippen LogP contribution in [0.4, 0.5) is 0 Å². The fourth-order valence-corrected chi connectivity index (χ4v) is 10.5. The minimum atomic E-state index is -0.109. The summed E-state index contributed by atoms with van der Waals surface area (Å²) in [5, 5.41) is 2.56. The Morgan fingerprint density at radius 3 is 1.70 bits per heavy atom. The second kappa shape index (κ2) is 13.4. The molecule has 0 saturated heterocycles. The summed E-state index contributed by atoms with van der Waals surface area (Å²) in [5.41, 5.74) is 23.3. The van der Waals surface area contributed by atoms with Crippen LogP contribution < -0.4 is 0 Å². The van der Waals surface area contributed by atoms with E-state index in [1.54, 1.807) is 0 Å². The third-order valence-corrected chi connectivity index (χ3v) is 13.6. The van der Waals surface area contributed by atoms with E-state index in [-0.39, 0.29) is 11.3 Å². The van der Waals surface area contributed by atoms with E-state index in [2.05, 4.69) is 225 Å². The maximum atomic E-state index is 2.54. The molecule has 10 aromatic rings. The highest BCUT2D eigenvalue weighted by Crippen LogP contribution is 2.52. The van der Waals surface area contributed by atoms with Gasteiger partial charge in [-0.2, -0.15) is 0 Å². The SMILES string of the molecule is CC1(C)c2ccccc2-c2cc3c4cc(-c5ccccc5)ccc4n(-c4ccc5c(c4)-c4cc(-c6ccccc6)ccc4CC5c4ccc(-c5ccccc5)cc4)c3cc21. The van der Waals surface area contributed by atoms with Gasteiger partial charge in [-0.25, -0.2) is 0 Å². The summed E-state index contributed by atoms with van der Waals surface area (Å²) in [4.78, 5) is 0. The van der Waals surface area contributed by atoms with Gasteiger partial charge in [-0.1, -0.05) is 178 Å². The fraction of sp³-hybridized carbons (Fsp3) is 0.0847. The van der Waals surface area contributed by atoms with Crippen LogP contribution in [-0.2, 0) is 11.8 Å². The second-order valence-corrected chi connectivity index (χ2v) is 17.3. The van der Waals surface area contributed by atoms with Gasteiger partial charge in [-0.15, -0.1) is 0 Å². The lowest BCUT2D eigenvalue weighted by Crippen LogP contribution is -2.15. The lowest BCUT2D eigenvalue weighted by molar-refractivity contribution is 0.661. The van der Waals surface area contributed by atoms with Crippen molar-refractivity contribution in [3.63, 3.8) is 0 Å². The van der Waals surface area contributed by atoms with Crippen molar-refractivity contribution in [1.82, 2.24) is 4.57 Å². The fourth-order valence-electron chi connectivity index (χ4n) is 10.5. The molecule has 12 rings (SSSR count). The first-order valence-corrected chi connectivity index (χ1v) is 21.3. The number of rotatable bonds is 5. The van der Waals surface area contributed by atoms with Crippen LogP contribution in [-0.4, -0.2) is 4.57 Å². The van der Waals surface area contributed by atoms with Crippen molar-refractivity contribution in [2.24, 2.45) is 0 Å². The number of benzene rings is 9. The summed E-state index contributed by atoms with van der Waals surface area (Å²) in [5.74, 6) is 0.239. The average molecular weight is 766 g/mol. The van der Waals surface area contributed by atoms with Crippen LogP contribution in [0.3, 0.4) is 0 Å². The number of aromatic nitrogens is 1. The minimum Gasteiger partial charge on any atom is -0.309 e. The molecule has 1 unspecified atom stereocenters. The van der Waals surface area contributed by atoms with E-state index in [1.807, 2.05) is 0 Å². The van der Waals surface area contributed by atoms with Gasteiger partial charge in [0.05, 0.1) is 11.0 Å². The minimum absolute atomic E-state index is 0.109. The van der Waals surface area contributed by atoms with Gasteiger partial charge < -0.3 is 4.57 Å². The van der Waals surface area contributed by atoms with Crippen molar-refractivity contribution in [3.05, 3.63) is 234 Å². The number of fused-ring (bicyclic) bond motifs is 9. The molecular weight excluding hydrogens is 723 g/mol. The van der Waals surface area contributed by atoms with Crippen molar-refractivity contribution >= 4 is 21.8 Å². The van der Waals surface area contributed by atoms with Gasteiger partial charge in [0.1, 0.15) is 0 Å². The quantitative estimate of drug-likeness (QED) is 0.164. The third kappa shape index (κ3) is 5.39. The summed E-state index contributed by atoms with van der Waals surface area (Å²) < 4.78 is 2.54. The molecule has 1 atom stereocenters. The Labute approximate surface area is 351 Å². The molecule has 2 aliphatic rings. The summed E-state index contributed by atoms with van der Waals surface area (Å²) in [6, 6.07) is 77.1. The van der Waals surface area contributed by atoms with Crippen LogP contribution in [0, 0.1) is 0 Å². The molecule has 1 nitrogen and oxygen atoms in total. The van der Waals surface area contributed by atoms with E-state index in [4.69, 9.17) is 0 Å². The predicted octanol–water partition coefficient (Wildman–Crippen LogP) is 15.4. The maximum Gasteiger partial charge on any atom is 0.0544 e. The molecular formula is C59H43N. The van der Waals surface area contributed by atoms with Crippen LogP contribution in [0.5, 0.6) is 0 Å². The van der Waals surface area contributed by atoms with Gasteiger partial charge in [0.25, 0.3) is 0 Å². The standard InChI is InChI=1S/C59H43N/c1-59(2)55-21-13-12-20-48(55)52-36-54-53-33-44(40-18-10-5-11-19-40)28-31-57(53)60(58(54)37-56(52)59)46-29-30-47-49(42-24-22-41(23-25-42)38-14-6-3-7-15-38)34-45-27-26-43(32-50(45)51(47)35-46)39-16-8-4-9-17-39/h3-33,35-37,49H,34H2,1-2H3. The molecule has 9 aromatic carbocycles. The van der Waals surface area contributed by atoms with Gasteiger partial charge in [-0.3, -0.25) is 0 Å². The van der Waals surface area contributed by atoms with E-state index in [1.165, 1.54) is 111 Å². The lowest BCUT2D eigenvalue weighted by Gasteiger charge is -2.30. The average Bonchev–Trinajstić information content (AvgIpc) is 3.75. The molecule has 0 spiro atoms. The number of hydrogen-bond donors (Lipinski definition) is 0. The highest BCUT2D eigenvalue weighted by Gasteiger charge is 2.36. The zero-order valence-corrected chi connectivity index (χ0v) is 33.9. The Hall–Kier alpha value is -7.22.